The molecular formula is C15H25NO2S. The van der Waals surface area contributed by atoms with Gasteiger partial charge >= 0.3 is 0 Å². The summed E-state index contributed by atoms with van der Waals surface area (Å²) in [7, 11) is -1.22. The zero-order valence-electron chi connectivity index (χ0n) is 12.5. The van der Waals surface area contributed by atoms with E-state index in [1.165, 1.54) is 0 Å². The molecule has 1 aromatic rings. The van der Waals surface area contributed by atoms with E-state index in [9.17, 15) is 8.42 Å². The zero-order valence-corrected chi connectivity index (χ0v) is 13.3. The molecular weight excluding hydrogens is 258 g/mol. The molecule has 108 valence electrons. The van der Waals surface area contributed by atoms with Gasteiger partial charge in [0.25, 0.3) is 0 Å². The Morgan fingerprint density at radius 2 is 1.58 bits per heavy atom. The van der Waals surface area contributed by atoms with Crippen LogP contribution in [0.15, 0.2) is 18.2 Å². The lowest BCUT2D eigenvalue weighted by molar-refractivity contribution is 0.563. The molecule has 0 bridgehead atoms. The van der Waals surface area contributed by atoms with Gasteiger partial charge in [0.15, 0.2) is 9.84 Å². The molecule has 1 atom stereocenters. The molecule has 0 saturated heterocycles. The smallest absolute Gasteiger partial charge is 0.152 e. The number of aryl methyl sites for hydroxylation is 2. The maximum absolute atomic E-state index is 12.1. The van der Waals surface area contributed by atoms with Crippen molar-refractivity contribution in [1.29, 1.82) is 0 Å². The SMILES string of the molecule is CNC(CS(=O)(=O)CC(C)C)c1cc(C)cc(C)c1. The van der Waals surface area contributed by atoms with E-state index < -0.39 is 9.84 Å². The fraction of sp³-hybridized carbons (Fsp3) is 0.600. The number of rotatable bonds is 6. The van der Waals surface area contributed by atoms with Gasteiger partial charge in [-0.15, -0.1) is 0 Å². The summed E-state index contributed by atoms with van der Waals surface area (Å²) in [5.74, 6) is 0.572. The molecule has 4 heteroatoms. The van der Waals surface area contributed by atoms with Crippen molar-refractivity contribution in [2.75, 3.05) is 18.6 Å². The molecule has 0 aromatic heterocycles. The van der Waals surface area contributed by atoms with Crippen molar-refractivity contribution in [3.8, 4) is 0 Å². The van der Waals surface area contributed by atoms with Crippen molar-refractivity contribution in [1.82, 2.24) is 5.32 Å². The Bertz CT molecular complexity index is 501. The van der Waals surface area contributed by atoms with Crippen molar-refractivity contribution < 1.29 is 8.42 Å². The van der Waals surface area contributed by atoms with Crippen molar-refractivity contribution in [2.45, 2.75) is 33.7 Å². The summed E-state index contributed by atoms with van der Waals surface area (Å²) in [4.78, 5) is 0. The Morgan fingerprint density at radius 3 is 2.00 bits per heavy atom. The molecule has 0 spiro atoms. The molecule has 19 heavy (non-hydrogen) atoms. The van der Waals surface area contributed by atoms with E-state index in [1.807, 2.05) is 34.7 Å². The lowest BCUT2D eigenvalue weighted by atomic mass is 10.0. The molecule has 1 rings (SSSR count). The Labute approximate surface area is 117 Å². The van der Waals surface area contributed by atoms with Gasteiger partial charge in [-0.05, 0) is 32.4 Å². The number of benzene rings is 1. The monoisotopic (exact) mass is 283 g/mol. The molecule has 1 N–H and O–H groups in total. The molecule has 0 fully saturated rings. The average molecular weight is 283 g/mol. The molecule has 0 aliphatic rings. The van der Waals surface area contributed by atoms with E-state index in [4.69, 9.17) is 0 Å². The first kappa shape index (κ1) is 16.2. The van der Waals surface area contributed by atoms with Gasteiger partial charge in [-0.1, -0.05) is 43.2 Å². The second kappa shape index (κ2) is 6.53. The summed E-state index contributed by atoms with van der Waals surface area (Å²) in [5, 5.41) is 3.12. The molecule has 1 aromatic carbocycles. The highest BCUT2D eigenvalue weighted by Crippen LogP contribution is 2.19. The van der Waals surface area contributed by atoms with Crippen LogP contribution in [0.4, 0.5) is 0 Å². The minimum absolute atomic E-state index is 0.137. The molecule has 0 saturated carbocycles. The van der Waals surface area contributed by atoms with E-state index in [-0.39, 0.29) is 23.5 Å². The van der Waals surface area contributed by atoms with Crippen LogP contribution in [-0.2, 0) is 9.84 Å². The predicted octanol–water partition coefficient (Wildman–Crippen LogP) is 2.63. The first-order chi connectivity index (χ1) is 8.73. The van der Waals surface area contributed by atoms with E-state index in [0.29, 0.717) is 0 Å². The highest BCUT2D eigenvalue weighted by atomic mass is 32.2. The lowest BCUT2D eigenvalue weighted by Crippen LogP contribution is -2.28. The number of sulfone groups is 1. The number of hydrogen-bond acceptors (Lipinski definition) is 3. The van der Waals surface area contributed by atoms with E-state index in [0.717, 1.165) is 16.7 Å². The van der Waals surface area contributed by atoms with Gasteiger partial charge < -0.3 is 5.32 Å². The maximum atomic E-state index is 12.1. The molecule has 0 radical (unpaired) electrons. The fourth-order valence-electron chi connectivity index (χ4n) is 2.39. The van der Waals surface area contributed by atoms with Crippen molar-refractivity contribution in [2.24, 2.45) is 5.92 Å². The third-order valence-electron chi connectivity index (χ3n) is 3.00. The molecule has 0 heterocycles. The zero-order chi connectivity index (χ0) is 14.6. The Balaban J connectivity index is 2.95. The second-order valence-electron chi connectivity index (χ2n) is 5.73. The number of nitrogens with one attached hydrogen (secondary N) is 1. The first-order valence-electron chi connectivity index (χ1n) is 6.69. The van der Waals surface area contributed by atoms with Gasteiger partial charge in [0.1, 0.15) is 0 Å². The summed E-state index contributed by atoms with van der Waals surface area (Å²) >= 11 is 0. The van der Waals surface area contributed by atoms with Gasteiger partial charge in [-0.25, -0.2) is 8.42 Å². The van der Waals surface area contributed by atoms with Gasteiger partial charge in [-0.3, -0.25) is 0 Å². The molecule has 3 nitrogen and oxygen atoms in total. The average Bonchev–Trinajstić information content (AvgIpc) is 2.22. The summed E-state index contributed by atoms with van der Waals surface area (Å²) in [6, 6.07) is 6.07. The van der Waals surface area contributed by atoms with E-state index in [2.05, 4.69) is 23.5 Å². The molecule has 0 aliphatic heterocycles. The van der Waals surface area contributed by atoms with Crippen LogP contribution >= 0.6 is 0 Å². The third-order valence-corrected chi connectivity index (χ3v) is 5.02. The normalized spacial score (nSPS) is 13.8. The van der Waals surface area contributed by atoms with Crippen LogP contribution < -0.4 is 5.32 Å². The highest BCUT2D eigenvalue weighted by molar-refractivity contribution is 7.91. The van der Waals surface area contributed by atoms with E-state index in [1.54, 1.807) is 0 Å². The van der Waals surface area contributed by atoms with Crippen molar-refractivity contribution in [3.63, 3.8) is 0 Å². The standard InChI is InChI=1S/C15H25NO2S/c1-11(2)9-19(17,18)10-15(16-5)14-7-12(3)6-13(4)8-14/h6-8,11,15-16H,9-10H2,1-5H3. The second-order valence-corrected chi connectivity index (χ2v) is 7.89. The summed E-state index contributed by atoms with van der Waals surface area (Å²) in [5.41, 5.74) is 3.38. The molecule has 0 aliphatic carbocycles. The highest BCUT2D eigenvalue weighted by Gasteiger charge is 2.21. The summed E-state index contributed by atoms with van der Waals surface area (Å²) < 4.78 is 24.2. The minimum Gasteiger partial charge on any atom is -0.312 e. The Kier molecular flexibility index (Phi) is 5.56. The Hall–Kier alpha value is -0.870. The van der Waals surface area contributed by atoms with Crippen LogP contribution in [0.1, 0.15) is 36.6 Å². The summed E-state index contributed by atoms with van der Waals surface area (Å²) in [6.45, 7) is 7.93. The van der Waals surface area contributed by atoms with Crippen LogP contribution in [0, 0.1) is 19.8 Å². The third kappa shape index (κ3) is 5.33. The van der Waals surface area contributed by atoms with Crippen molar-refractivity contribution in [3.05, 3.63) is 34.9 Å². The van der Waals surface area contributed by atoms with Gasteiger partial charge in [-0.2, -0.15) is 0 Å². The fourth-order valence-corrected chi connectivity index (χ4v) is 4.41. The molecule has 0 amide bonds. The Morgan fingerprint density at radius 1 is 1.05 bits per heavy atom. The topological polar surface area (TPSA) is 46.2 Å². The van der Waals surface area contributed by atoms with Crippen LogP contribution in [-0.4, -0.2) is 27.0 Å². The van der Waals surface area contributed by atoms with Crippen molar-refractivity contribution >= 4 is 9.84 Å². The minimum atomic E-state index is -3.03. The quantitative estimate of drug-likeness (QED) is 0.873. The van der Waals surface area contributed by atoms with Crippen LogP contribution in [0.3, 0.4) is 0 Å². The maximum Gasteiger partial charge on any atom is 0.152 e. The van der Waals surface area contributed by atoms with Crippen LogP contribution in [0.5, 0.6) is 0 Å². The van der Waals surface area contributed by atoms with Gasteiger partial charge in [0.2, 0.25) is 0 Å². The van der Waals surface area contributed by atoms with E-state index >= 15 is 0 Å². The van der Waals surface area contributed by atoms with Gasteiger partial charge in [0.05, 0.1) is 11.5 Å². The lowest BCUT2D eigenvalue weighted by Gasteiger charge is -2.19. The first-order valence-corrected chi connectivity index (χ1v) is 8.51. The van der Waals surface area contributed by atoms with Crippen LogP contribution in [0.2, 0.25) is 0 Å². The number of hydrogen-bond donors (Lipinski definition) is 1. The largest absolute Gasteiger partial charge is 0.312 e. The van der Waals surface area contributed by atoms with Crippen LogP contribution in [0.25, 0.3) is 0 Å². The molecule has 1 unspecified atom stereocenters. The summed E-state index contributed by atoms with van der Waals surface area (Å²) in [6.07, 6.45) is 0. The predicted molar refractivity (Wildman–Crippen MR) is 81.2 cm³/mol. The van der Waals surface area contributed by atoms with Gasteiger partial charge in [0, 0.05) is 6.04 Å².